The van der Waals surface area contributed by atoms with Crippen molar-refractivity contribution in [2.75, 3.05) is 39.3 Å². The van der Waals surface area contributed by atoms with Gasteiger partial charge in [0.25, 0.3) is 0 Å². The zero-order chi connectivity index (χ0) is 17.2. The molecular formula is C20H52Br4N4. The first-order chi connectivity index (χ1) is 11.2. The van der Waals surface area contributed by atoms with Crippen LogP contribution in [0.15, 0.2) is 0 Å². The summed E-state index contributed by atoms with van der Waals surface area (Å²) in [7, 11) is 0. The summed E-state index contributed by atoms with van der Waals surface area (Å²) < 4.78 is 0. The molecular weight excluding hydrogens is 616 g/mol. The monoisotopic (exact) mass is 664 g/mol. The highest BCUT2D eigenvalue weighted by Gasteiger charge is 1.99. The first-order valence-electron chi connectivity index (χ1n) is 10.1. The molecule has 4 N–H and O–H groups in total. The Morgan fingerprint density at radius 2 is 0.821 bits per heavy atom. The molecule has 180 valence electrons. The highest BCUT2D eigenvalue weighted by atomic mass is 79.9. The molecule has 2 unspecified atom stereocenters. The first-order valence-corrected chi connectivity index (χ1v) is 10.1. The van der Waals surface area contributed by atoms with Gasteiger partial charge in [-0.05, 0) is 85.2 Å². The fourth-order valence-electron chi connectivity index (χ4n) is 2.78. The molecule has 2 atom stereocenters. The van der Waals surface area contributed by atoms with Crippen molar-refractivity contribution in [1.82, 2.24) is 21.3 Å². The van der Waals surface area contributed by atoms with Gasteiger partial charge in [0.1, 0.15) is 0 Å². The van der Waals surface area contributed by atoms with Gasteiger partial charge in [0.2, 0.25) is 0 Å². The largest absolute Gasteiger partial charge is 0.317 e. The molecule has 0 saturated carbocycles. The molecule has 4 nitrogen and oxygen atoms in total. The third-order valence-corrected chi connectivity index (χ3v) is 4.20. The normalized spacial score (nSPS) is 11.6. The second kappa shape index (κ2) is 36.2. The molecule has 0 aromatic rings. The second-order valence-electron chi connectivity index (χ2n) is 6.85. The maximum atomic E-state index is 3.57. The third kappa shape index (κ3) is 35.2. The van der Waals surface area contributed by atoms with Gasteiger partial charge in [0.15, 0.2) is 0 Å². The first kappa shape index (κ1) is 43.6. The molecule has 0 amide bonds. The Bertz CT molecular complexity index is 218. The van der Waals surface area contributed by atoms with Crippen LogP contribution in [0.2, 0.25) is 0 Å². The van der Waals surface area contributed by atoms with Crippen LogP contribution in [0.25, 0.3) is 0 Å². The summed E-state index contributed by atoms with van der Waals surface area (Å²) in [5.41, 5.74) is 0. The summed E-state index contributed by atoms with van der Waals surface area (Å²) in [4.78, 5) is 0. The van der Waals surface area contributed by atoms with Crippen LogP contribution >= 0.6 is 67.9 Å². The maximum Gasteiger partial charge on any atom is 0.00386 e. The van der Waals surface area contributed by atoms with E-state index in [-0.39, 0.29) is 75.4 Å². The summed E-state index contributed by atoms with van der Waals surface area (Å²) in [6.07, 6.45) is 8.78. The topological polar surface area (TPSA) is 48.1 Å². The Morgan fingerprint density at radius 1 is 0.536 bits per heavy atom. The summed E-state index contributed by atoms with van der Waals surface area (Å²) >= 11 is 0. The minimum atomic E-state index is 0. The highest BCUT2D eigenvalue weighted by molar-refractivity contribution is 8.93. The van der Waals surface area contributed by atoms with Crippen LogP contribution in [-0.2, 0) is 0 Å². The molecule has 0 spiro atoms. The minimum absolute atomic E-state index is 0. The number of nitrogens with one attached hydrogen (secondary N) is 4. The van der Waals surface area contributed by atoms with E-state index in [0.29, 0.717) is 12.1 Å². The lowest BCUT2D eigenvalue weighted by Crippen LogP contribution is -2.30. The van der Waals surface area contributed by atoms with E-state index < -0.39 is 0 Å². The number of hydrogen-bond donors (Lipinski definition) is 4. The minimum Gasteiger partial charge on any atom is -0.317 e. The average molecular weight is 668 g/mol. The second-order valence-corrected chi connectivity index (χ2v) is 6.85. The predicted molar refractivity (Wildman–Crippen MR) is 152 cm³/mol. The molecule has 28 heavy (non-hydrogen) atoms. The molecule has 0 bridgehead atoms. The zero-order valence-electron chi connectivity index (χ0n) is 18.0. The van der Waals surface area contributed by atoms with E-state index in [0.717, 1.165) is 39.3 Å². The van der Waals surface area contributed by atoms with Crippen LogP contribution in [0.4, 0.5) is 0 Å². The van der Waals surface area contributed by atoms with Crippen molar-refractivity contribution in [3.05, 3.63) is 0 Å². The molecule has 0 saturated heterocycles. The third-order valence-electron chi connectivity index (χ3n) is 4.20. The average Bonchev–Trinajstić information content (AvgIpc) is 2.52. The zero-order valence-corrected chi connectivity index (χ0v) is 24.8. The molecule has 0 aromatic heterocycles. The van der Waals surface area contributed by atoms with Gasteiger partial charge in [0.05, 0.1) is 0 Å². The van der Waals surface area contributed by atoms with Crippen molar-refractivity contribution >= 4 is 67.9 Å². The SMILES string of the molecule is Br.Br.Br.Br.C.CCCC(C)NCCCNCCCNCCCNC(C)CCC. The van der Waals surface area contributed by atoms with Crippen molar-refractivity contribution in [3.8, 4) is 0 Å². The van der Waals surface area contributed by atoms with Crippen LogP contribution in [0.3, 0.4) is 0 Å². The highest BCUT2D eigenvalue weighted by Crippen LogP contribution is 1.94. The van der Waals surface area contributed by atoms with Crippen LogP contribution in [0.1, 0.15) is 80.1 Å². The molecule has 0 aromatic carbocycles. The fraction of sp³-hybridized carbons (Fsp3) is 1.00. The fourth-order valence-corrected chi connectivity index (χ4v) is 2.78. The van der Waals surface area contributed by atoms with E-state index in [4.69, 9.17) is 0 Å². The molecule has 8 heteroatoms. The molecule has 0 aliphatic heterocycles. The summed E-state index contributed by atoms with van der Waals surface area (Å²) in [5.74, 6) is 0. The summed E-state index contributed by atoms with van der Waals surface area (Å²) in [6, 6.07) is 1.34. The van der Waals surface area contributed by atoms with Gasteiger partial charge >= 0.3 is 0 Å². The maximum absolute atomic E-state index is 3.57. The van der Waals surface area contributed by atoms with E-state index in [2.05, 4.69) is 49.0 Å². The molecule has 0 heterocycles. The smallest absolute Gasteiger partial charge is 0.00386 e. The van der Waals surface area contributed by atoms with Crippen molar-refractivity contribution < 1.29 is 0 Å². The molecule has 0 radical (unpaired) electrons. The quantitative estimate of drug-likeness (QED) is 0.139. The Morgan fingerprint density at radius 3 is 1.11 bits per heavy atom. The standard InChI is InChI=1S/C19H44N4.CH4.4BrH/c1-5-10-18(3)22-16-8-14-20-12-7-13-21-15-9-17-23-19(4)11-6-2;;;;;/h18-23H,5-17H2,1-4H3;1H4;4*1H. The number of rotatable bonds is 18. The van der Waals surface area contributed by atoms with E-state index in [1.807, 2.05) is 0 Å². The Kier molecular flexibility index (Phi) is 56.3. The van der Waals surface area contributed by atoms with Gasteiger partial charge in [-0.15, -0.1) is 67.9 Å². The van der Waals surface area contributed by atoms with Crippen molar-refractivity contribution in [1.29, 1.82) is 0 Å². The van der Waals surface area contributed by atoms with Crippen molar-refractivity contribution in [2.45, 2.75) is 92.2 Å². The molecule has 0 rings (SSSR count). The van der Waals surface area contributed by atoms with Crippen molar-refractivity contribution in [3.63, 3.8) is 0 Å². The molecule has 0 fully saturated rings. The van der Waals surface area contributed by atoms with E-state index in [1.54, 1.807) is 0 Å². The number of halogens is 4. The van der Waals surface area contributed by atoms with Crippen LogP contribution < -0.4 is 21.3 Å². The van der Waals surface area contributed by atoms with Gasteiger partial charge in [0, 0.05) is 12.1 Å². The Balaban J connectivity index is -0.000000242. The van der Waals surface area contributed by atoms with Crippen LogP contribution in [0, 0.1) is 0 Å². The van der Waals surface area contributed by atoms with Gasteiger partial charge < -0.3 is 21.3 Å². The molecule has 0 aliphatic rings. The summed E-state index contributed by atoms with van der Waals surface area (Å²) in [6.45, 7) is 15.8. The van der Waals surface area contributed by atoms with E-state index in [9.17, 15) is 0 Å². The lowest BCUT2D eigenvalue weighted by atomic mass is 10.2. The van der Waals surface area contributed by atoms with Gasteiger partial charge in [-0.1, -0.05) is 34.1 Å². The van der Waals surface area contributed by atoms with Crippen molar-refractivity contribution in [2.24, 2.45) is 0 Å². The van der Waals surface area contributed by atoms with Gasteiger partial charge in [-0.25, -0.2) is 0 Å². The molecule has 0 aliphatic carbocycles. The predicted octanol–water partition coefficient (Wildman–Crippen LogP) is 5.84. The van der Waals surface area contributed by atoms with E-state index >= 15 is 0 Å². The lowest BCUT2D eigenvalue weighted by molar-refractivity contribution is 0.484. The lowest BCUT2D eigenvalue weighted by Gasteiger charge is -2.13. The number of hydrogen-bond acceptors (Lipinski definition) is 4. The van der Waals surface area contributed by atoms with Crippen LogP contribution in [0.5, 0.6) is 0 Å². The Hall–Kier alpha value is 1.76. The Labute approximate surface area is 219 Å². The summed E-state index contributed by atoms with van der Waals surface area (Å²) in [5, 5.41) is 14.2. The van der Waals surface area contributed by atoms with Gasteiger partial charge in [-0.2, -0.15) is 0 Å². The van der Waals surface area contributed by atoms with E-state index in [1.165, 1.54) is 44.9 Å². The van der Waals surface area contributed by atoms with Gasteiger partial charge in [-0.3, -0.25) is 0 Å². The van der Waals surface area contributed by atoms with Crippen LogP contribution in [-0.4, -0.2) is 51.4 Å².